The molecule has 1 aliphatic heterocycles. The van der Waals surface area contributed by atoms with Crippen LogP contribution in [0.15, 0.2) is 18.2 Å². The summed E-state index contributed by atoms with van der Waals surface area (Å²) >= 11 is 1.71. The molecule has 0 amide bonds. The number of benzene rings is 1. The highest BCUT2D eigenvalue weighted by Gasteiger charge is 2.44. The predicted molar refractivity (Wildman–Crippen MR) is 94.1 cm³/mol. The van der Waals surface area contributed by atoms with Crippen LogP contribution in [0.2, 0.25) is 0 Å². The summed E-state index contributed by atoms with van der Waals surface area (Å²) in [5.41, 5.74) is 3.48. The Bertz CT molecular complexity index is 561. The third-order valence-electron chi connectivity index (χ3n) is 5.09. The van der Waals surface area contributed by atoms with Gasteiger partial charge in [0.1, 0.15) is 0 Å². The van der Waals surface area contributed by atoms with Gasteiger partial charge in [-0.2, -0.15) is 11.8 Å². The first-order valence-electron chi connectivity index (χ1n) is 8.32. The summed E-state index contributed by atoms with van der Waals surface area (Å²) in [5, 5.41) is 8.92. The quantitative estimate of drug-likeness (QED) is 0.639. The SMILES string of the molecule is COC(=O)c1ccc(CSCCO)cc1N1CCC2(CC1)CC2. The van der Waals surface area contributed by atoms with Crippen LogP contribution in [-0.2, 0) is 10.5 Å². The number of carbonyl (C=O) groups excluding carboxylic acids is 1. The van der Waals surface area contributed by atoms with Crippen molar-refractivity contribution in [3.8, 4) is 0 Å². The number of methoxy groups -OCH3 is 1. The van der Waals surface area contributed by atoms with E-state index >= 15 is 0 Å². The summed E-state index contributed by atoms with van der Waals surface area (Å²) in [4.78, 5) is 14.4. The Kier molecular flexibility index (Phi) is 5.17. The van der Waals surface area contributed by atoms with E-state index in [4.69, 9.17) is 9.84 Å². The zero-order valence-corrected chi connectivity index (χ0v) is 14.5. The lowest BCUT2D eigenvalue weighted by atomic mass is 9.93. The van der Waals surface area contributed by atoms with Crippen molar-refractivity contribution in [2.75, 3.05) is 37.5 Å². The zero-order valence-electron chi connectivity index (χ0n) is 13.7. The van der Waals surface area contributed by atoms with E-state index in [1.807, 2.05) is 12.1 Å². The molecule has 4 nitrogen and oxygen atoms in total. The molecular formula is C18H25NO3S. The molecule has 2 aliphatic rings. The number of aliphatic hydroxyl groups excluding tert-OH is 1. The van der Waals surface area contributed by atoms with Crippen LogP contribution in [-0.4, -0.2) is 43.6 Å². The first-order valence-corrected chi connectivity index (χ1v) is 9.48. The lowest BCUT2D eigenvalue weighted by Crippen LogP contribution is -2.35. The molecule has 1 heterocycles. The zero-order chi connectivity index (χ0) is 16.3. The number of esters is 1. The summed E-state index contributed by atoms with van der Waals surface area (Å²) in [6, 6.07) is 6.01. The second-order valence-corrected chi connectivity index (χ2v) is 7.71. The normalized spacial score (nSPS) is 19.0. The van der Waals surface area contributed by atoms with Crippen molar-refractivity contribution in [2.45, 2.75) is 31.4 Å². The molecule has 0 radical (unpaired) electrons. The van der Waals surface area contributed by atoms with E-state index in [0.29, 0.717) is 11.0 Å². The number of anilines is 1. The van der Waals surface area contributed by atoms with Gasteiger partial charge in [0.25, 0.3) is 0 Å². The van der Waals surface area contributed by atoms with E-state index in [9.17, 15) is 4.79 Å². The van der Waals surface area contributed by atoms with Crippen molar-refractivity contribution in [1.82, 2.24) is 0 Å². The van der Waals surface area contributed by atoms with Gasteiger partial charge in [-0.05, 0) is 48.8 Å². The Morgan fingerprint density at radius 3 is 2.65 bits per heavy atom. The Hall–Kier alpha value is -1.20. The highest BCUT2D eigenvalue weighted by molar-refractivity contribution is 7.98. The largest absolute Gasteiger partial charge is 0.465 e. The number of nitrogens with zero attached hydrogens (tertiary/aromatic N) is 1. The van der Waals surface area contributed by atoms with Gasteiger partial charge in [0.15, 0.2) is 0 Å². The number of ether oxygens (including phenoxy) is 1. The molecule has 0 bridgehead atoms. The summed E-state index contributed by atoms with van der Waals surface area (Å²) in [7, 11) is 1.44. The number of hydrogen-bond donors (Lipinski definition) is 1. The van der Waals surface area contributed by atoms with Crippen molar-refractivity contribution >= 4 is 23.4 Å². The minimum Gasteiger partial charge on any atom is -0.465 e. The maximum Gasteiger partial charge on any atom is 0.339 e. The first-order chi connectivity index (χ1) is 11.2. The van der Waals surface area contributed by atoms with Gasteiger partial charge < -0.3 is 14.7 Å². The summed E-state index contributed by atoms with van der Waals surface area (Å²) < 4.78 is 4.96. The topological polar surface area (TPSA) is 49.8 Å². The molecule has 1 aromatic rings. The number of aliphatic hydroxyl groups is 1. The molecule has 1 spiro atoms. The van der Waals surface area contributed by atoms with Crippen LogP contribution in [0.4, 0.5) is 5.69 Å². The molecule has 2 fully saturated rings. The average molecular weight is 335 g/mol. The molecule has 3 rings (SSSR count). The van der Waals surface area contributed by atoms with Crippen molar-refractivity contribution in [3.05, 3.63) is 29.3 Å². The molecule has 0 aromatic heterocycles. The number of hydrogen-bond acceptors (Lipinski definition) is 5. The van der Waals surface area contributed by atoms with Gasteiger partial charge >= 0.3 is 5.97 Å². The maximum absolute atomic E-state index is 12.1. The van der Waals surface area contributed by atoms with Gasteiger partial charge in [0.2, 0.25) is 0 Å². The molecule has 23 heavy (non-hydrogen) atoms. The van der Waals surface area contributed by atoms with Crippen LogP contribution >= 0.6 is 11.8 Å². The van der Waals surface area contributed by atoms with Gasteiger partial charge in [-0.3, -0.25) is 0 Å². The highest BCUT2D eigenvalue weighted by atomic mass is 32.2. The molecule has 1 aliphatic carbocycles. The Morgan fingerprint density at radius 2 is 2.04 bits per heavy atom. The van der Waals surface area contributed by atoms with E-state index in [2.05, 4.69) is 11.0 Å². The van der Waals surface area contributed by atoms with E-state index in [-0.39, 0.29) is 12.6 Å². The van der Waals surface area contributed by atoms with Crippen molar-refractivity contribution in [2.24, 2.45) is 5.41 Å². The van der Waals surface area contributed by atoms with Gasteiger partial charge in [-0.25, -0.2) is 4.79 Å². The number of rotatable bonds is 6. The second-order valence-electron chi connectivity index (χ2n) is 6.61. The van der Waals surface area contributed by atoms with Crippen molar-refractivity contribution < 1.29 is 14.6 Å². The van der Waals surface area contributed by atoms with Gasteiger partial charge in [0.05, 0.1) is 25.0 Å². The van der Waals surface area contributed by atoms with Crippen LogP contribution in [0.25, 0.3) is 0 Å². The molecule has 0 atom stereocenters. The Morgan fingerprint density at radius 1 is 1.30 bits per heavy atom. The fourth-order valence-corrected chi connectivity index (χ4v) is 4.05. The summed E-state index contributed by atoms with van der Waals surface area (Å²) in [6.45, 7) is 2.25. The Labute approximate surface area is 142 Å². The Balaban J connectivity index is 1.78. The minimum absolute atomic E-state index is 0.200. The summed E-state index contributed by atoms with van der Waals surface area (Å²) in [6.07, 6.45) is 5.22. The first kappa shape index (κ1) is 16.7. The molecule has 1 saturated carbocycles. The van der Waals surface area contributed by atoms with Gasteiger partial charge in [-0.15, -0.1) is 0 Å². The van der Waals surface area contributed by atoms with Crippen LogP contribution in [0.1, 0.15) is 41.6 Å². The van der Waals surface area contributed by atoms with E-state index < -0.39 is 0 Å². The molecule has 1 aromatic carbocycles. The molecular weight excluding hydrogens is 310 g/mol. The average Bonchev–Trinajstić information content (AvgIpc) is 3.34. The number of piperidine rings is 1. The van der Waals surface area contributed by atoms with Crippen molar-refractivity contribution in [1.29, 1.82) is 0 Å². The smallest absolute Gasteiger partial charge is 0.339 e. The van der Waals surface area contributed by atoms with Crippen molar-refractivity contribution in [3.63, 3.8) is 0 Å². The van der Waals surface area contributed by atoms with Crippen LogP contribution in [0, 0.1) is 5.41 Å². The lowest BCUT2D eigenvalue weighted by molar-refractivity contribution is 0.0601. The maximum atomic E-state index is 12.1. The van der Waals surface area contributed by atoms with Crippen LogP contribution in [0.5, 0.6) is 0 Å². The molecule has 5 heteroatoms. The summed E-state index contributed by atoms with van der Waals surface area (Å²) in [5.74, 6) is 1.33. The highest BCUT2D eigenvalue weighted by Crippen LogP contribution is 2.54. The third-order valence-corrected chi connectivity index (χ3v) is 6.10. The van der Waals surface area contributed by atoms with Gasteiger partial charge in [-0.1, -0.05) is 6.07 Å². The molecule has 1 N–H and O–H groups in total. The predicted octanol–water partition coefficient (Wildman–Crippen LogP) is 3.08. The minimum atomic E-state index is -0.263. The third kappa shape index (κ3) is 3.83. The number of carbonyl (C=O) groups is 1. The van der Waals surface area contributed by atoms with E-state index in [1.165, 1.54) is 38.4 Å². The van der Waals surface area contributed by atoms with Gasteiger partial charge in [0, 0.05) is 24.6 Å². The second kappa shape index (κ2) is 7.14. The van der Waals surface area contributed by atoms with Crippen LogP contribution < -0.4 is 4.90 Å². The monoisotopic (exact) mass is 335 g/mol. The van der Waals surface area contributed by atoms with Crippen LogP contribution in [0.3, 0.4) is 0 Å². The standard InChI is InChI=1S/C18H25NO3S/c1-22-17(21)15-3-2-14(13-23-11-10-20)12-16(15)19-8-6-18(4-5-18)7-9-19/h2-3,12,20H,4-11,13H2,1H3. The fourth-order valence-electron chi connectivity index (χ4n) is 3.36. The fraction of sp³-hybridized carbons (Fsp3) is 0.611. The lowest BCUT2D eigenvalue weighted by Gasteiger charge is -2.35. The van der Waals surface area contributed by atoms with E-state index in [0.717, 1.165) is 30.3 Å². The molecule has 126 valence electrons. The molecule has 0 unspecified atom stereocenters. The van der Waals surface area contributed by atoms with E-state index in [1.54, 1.807) is 11.8 Å². The number of thioether (sulfide) groups is 1. The molecule has 1 saturated heterocycles.